The van der Waals surface area contributed by atoms with Crippen molar-refractivity contribution in [3.63, 3.8) is 0 Å². The second kappa shape index (κ2) is 5.33. The van der Waals surface area contributed by atoms with Crippen LogP contribution in [0.3, 0.4) is 0 Å². The van der Waals surface area contributed by atoms with Crippen molar-refractivity contribution < 1.29 is 0 Å². The van der Waals surface area contributed by atoms with Crippen molar-refractivity contribution in [2.45, 2.75) is 18.9 Å². The number of anilines is 1. The van der Waals surface area contributed by atoms with Crippen molar-refractivity contribution in [3.8, 4) is 12.3 Å². The van der Waals surface area contributed by atoms with Gasteiger partial charge in [-0.05, 0) is 25.0 Å². The molecule has 0 unspecified atom stereocenters. The molecule has 1 aliphatic heterocycles. The minimum absolute atomic E-state index is 0.523. The molecule has 2 heterocycles. The fourth-order valence-electron chi connectivity index (χ4n) is 2.68. The van der Waals surface area contributed by atoms with Crippen molar-refractivity contribution in [3.05, 3.63) is 24.4 Å². The van der Waals surface area contributed by atoms with Gasteiger partial charge in [-0.1, -0.05) is 12.0 Å². The van der Waals surface area contributed by atoms with Crippen LogP contribution in [0.2, 0.25) is 0 Å². The standard InChI is InChI=1S/C15H18N4/c1-2-8-19-9-6-12(7-10-19)17-14-4-3-5-15-13(14)11-16-18-15/h1,3-5,11-12,17H,6-10H2,(H,16,18). The summed E-state index contributed by atoms with van der Waals surface area (Å²) >= 11 is 0. The first kappa shape index (κ1) is 12.1. The molecule has 4 nitrogen and oxygen atoms in total. The fraction of sp³-hybridized carbons (Fsp3) is 0.400. The van der Waals surface area contributed by atoms with E-state index in [0.717, 1.165) is 43.4 Å². The summed E-state index contributed by atoms with van der Waals surface area (Å²) in [5.74, 6) is 2.72. The Morgan fingerprint density at radius 3 is 3.05 bits per heavy atom. The monoisotopic (exact) mass is 254 g/mol. The van der Waals surface area contributed by atoms with Crippen LogP contribution in [0.5, 0.6) is 0 Å². The molecule has 0 radical (unpaired) electrons. The molecule has 0 bridgehead atoms. The molecule has 3 rings (SSSR count). The lowest BCUT2D eigenvalue weighted by Gasteiger charge is -2.31. The molecule has 0 aliphatic carbocycles. The summed E-state index contributed by atoms with van der Waals surface area (Å²) in [7, 11) is 0. The van der Waals surface area contributed by atoms with Crippen molar-refractivity contribution in [1.82, 2.24) is 15.1 Å². The largest absolute Gasteiger partial charge is 0.382 e. The number of likely N-dealkylation sites (tertiary alicyclic amines) is 1. The lowest BCUT2D eigenvalue weighted by atomic mass is 10.0. The highest BCUT2D eigenvalue weighted by Gasteiger charge is 2.18. The molecule has 19 heavy (non-hydrogen) atoms. The van der Waals surface area contributed by atoms with Gasteiger partial charge in [0.05, 0.1) is 18.3 Å². The molecule has 1 saturated heterocycles. The first-order valence-electron chi connectivity index (χ1n) is 6.71. The van der Waals surface area contributed by atoms with Gasteiger partial charge in [0.1, 0.15) is 0 Å². The lowest BCUT2D eigenvalue weighted by Crippen LogP contribution is -2.39. The molecular formula is C15H18N4. The number of aromatic nitrogens is 2. The summed E-state index contributed by atoms with van der Waals surface area (Å²) in [6, 6.07) is 6.74. The zero-order chi connectivity index (χ0) is 13.1. The van der Waals surface area contributed by atoms with Gasteiger partial charge < -0.3 is 5.32 Å². The predicted octanol–water partition coefficient (Wildman–Crippen LogP) is 2.07. The topological polar surface area (TPSA) is 44.0 Å². The molecule has 1 aliphatic rings. The van der Waals surface area contributed by atoms with Crippen LogP contribution in [0.15, 0.2) is 24.4 Å². The van der Waals surface area contributed by atoms with E-state index in [1.54, 1.807) is 0 Å². The molecule has 0 amide bonds. The zero-order valence-electron chi connectivity index (χ0n) is 10.9. The first-order chi connectivity index (χ1) is 9.36. The van der Waals surface area contributed by atoms with Gasteiger partial charge in [0, 0.05) is 30.2 Å². The van der Waals surface area contributed by atoms with E-state index in [0.29, 0.717) is 6.04 Å². The average molecular weight is 254 g/mol. The molecule has 2 N–H and O–H groups in total. The van der Waals surface area contributed by atoms with Crippen molar-refractivity contribution in [2.24, 2.45) is 0 Å². The van der Waals surface area contributed by atoms with E-state index in [2.05, 4.69) is 38.5 Å². The number of benzene rings is 1. The maximum absolute atomic E-state index is 5.35. The zero-order valence-corrected chi connectivity index (χ0v) is 10.9. The van der Waals surface area contributed by atoms with Gasteiger partial charge >= 0.3 is 0 Å². The fourth-order valence-corrected chi connectivity index (χ4v) is 2.68. The second-order valence-electron chi connectivity index (χ2n) is 5.04. The van der Waals surface area contributed by atoms with Crippen molar-refractivity contribution >= 4 is 16.6 Å². The quantitative estimate of drug-likeness (QED) is 0.824. The number of fused-ring (bicyclic) bond motifs is 1. The predicted molar refractivity (Wildman–Crippen MR) is 78.0 cm³/mol. The summed E-state index contributed by atoms with van der Waals surface area (Å²) in [5, 5.41) is 11.9. The molecule has 0 spiro atoms. The van der Waals surface area contributed by atoms with Crippen LogP contribution in [0.25, 0.3) is 10.9 Å². The van der Waals surface area contributed by atoms with Gasteiger partial charge in [-0.15, -0.1) is 6.42 Å². The second-order valence-corrected chi connectivity index (χ2v) is 5.04. The van der Waals surface area contributed by atoms with Crippen molar-refractivity contribution in [2.75, 3.05) is 25.0 Å². The van der Waals surface area contributed by atoms with Crippen LogP contribution in [-0.4, -0.2) is 40.8 Å². The van der Waals surface area contributed by atoms with Crippen molar-refractivity contribution in [1.29, 1.82) is 0 Å². The Balaban J connectivity index is 1.67. The number of H-pyrrole nitrogens is 1. The third kappa shape index (κ3) is 2.56. The Morgan fingerprint density at radius 2 is 2.26 bits per heavy atom. The number of terminal acetylenes is 1. The van der Waals surface area contributed by atoms with E-state index < -0.39 is 0 Å². The van der Waals surface area contributed by atoms with E-state index in [4.69, 9.17) is 6.42 Å². The molecule has 1 aromatic carbocycles. The van der Waals surface area contributed by atoms with E-state index in [-0.39, 0.29) is 0 Å². The maximum atomic E-state index is 5.35. The summed E-state index contributed by atoms with van der Waals surface area (Å²) in [6.07, 6.45) is 9.50. The number of hydrogen-bond donors (Lipinski definition) is 2. The van der Waals surface area contributed by atoms with E-state index in [1.165, 1.54) is 5.69 Å². The Hall–Kier alpha value is -1.99. The Kier molecular flexibility index (Phi) is 3.39. The highest BCUT2D eigenvalue weighted by Crippen LogP contribution is 2.24. The molecule has 0 atom stereocenters. The summed E-state index contributed by atoms with van der Waals surface area (Å²) in [4.78, 5) is 2.33. The Bertz CT molecular complexity index is 587. The lowest BCUT2D eigenvalue weighted by molar-refractivity contribution is 0.243. The van der Waals surface area contributed by atoms with Crippen LogP contribution in [0.4, 0.5) is 5.69 Å². The normalized spacial score (nSPS) is 17.4. The molecule has 2 aromatic rings. The maximum Gasteiger partial charge on any atom is 0.0671 e. The molecule has 1 fully saturated rings. The number of hydrogen-bond acceptors (Lipinski definition) is 3. The van der Waals surface area contributed by atoms with Crippen LogP contribution in [-0.2, 0) is 0 Å². The van der Waals surface area contributed by atoms with Gasteiger partial charge in [0.15, 0.2) is 0 Å². The summed E-state index contributed by atoms with van der Waals surface area (Å²) in [5.41, 5.74) is 2.25. The van der Waals surface area contributed by atoms with Crippen LogP contribution in [0, 0.1) is 12.3 Å². The highest BCUT2D eigenvalue weighted by atomic mass is 15.1. The molecule has 1 aromatic heterocycles. The van der Waals surface area contributed by atoms with Gasteiger partial charge in [-0.2, -0.15) is 5.10 Å². The van der Waals surface area contributed by atoms with E-state index in [9.17, 15) is 0 Å². The van der Waals surface area contributed by atoms with Crippen LogP contribution in [0.1, 0.15) is 12.8 Å². The SMILES string of the molecule is C#CCN1CCC(Nc2cccc3[nH]ncc23)CC1. The Labute approximate surface area is 113 Å². The summed E-state index contributed by atoms with van der Waals surface area (Å²) < 4.78 is 0. The molecule has 98 valence electrons. The van der Waals surface area contributed by atoms with Gasteiger partial charge in [-0.25, -0.2) is 0 Å². The average Bonchev–Trinajstić information content (AvgIpc) is 2.91. The number of nitrogens with zero attached hydrogens (tertiary/aromatic N) is 2. The number of rotatable bonds is 3. The Morgan fingerprint density at radius 1 is 1.42 bits per heavy atom. The van der Waals surface area contributed by atoms with E-state index >= 15 is 0 Å². The van der Waals surface area contributed by atoms with E-state index in [1.807, 2.05) is 12.3 Å². The molecule has 0 saturated carbocycles. The van der Waals surface area contributed by atoms with Gasteiger partial charge in [0.25, 0.3) is 0 Å². The molecular weight excluding hydrogens is 236 g/mol. The number of nitrogens with one attached hydrogen (secondary N) is 2. The van der Waals surface area contributed by atoms with Crippen LogP contribution >= 0.6 is 0 Å². The number of aromatic amines is 1. The smallest absolute Gasteiger partial charge is 0.0671 e. The van der Waals surface area contributed by atoms with Gasteiger partial charge in [0.2, 0.25) is 0 Å². The minimum Gasteiger partial charge on any atom is -0.382 e. The molecule has 4 heteroatoms. The van der Waals surface area contributed by atoms with Gasteiger partial charge in [-0.3, -0.25) is 10.00 Å². The third-order valence-electron chi connectivity index (χ3n) is 3.75. The minimum atomic E-state index is 0.523. The third-order valence-corrected chi connectivity index (χ3v) is 3.75. The highest BCUT2D eigenvalue weighted by molar-refractivity contribution is 5.90. The first-order valence-corrected chi connectivity index (χ1v) is 6.71. The number of piperidine rings is 1. The summed E-state index contributed by atoms with van der Waals surface area (Å²) in [6.45, 7) is 2.91. The van der Waals surface area contributed by atoms with Crippen LogP contribution < -0.4 is 5.32 Å².